The number of rotatable bonds is 5. The zero-order valence-electron chi connectivity index (χ0n) is 15.2. The van der Waals surface area contributed by atoms with Gasteiger partial charge >= 0.3 is 0 Å². The molecule has 4 nitrogen and oxygen atoms in total. The van der Waals surface area contributed by atoms with E-state index in [4.69, 9.17) is 0 Å². The lowest BCUT2D eigenvalue weighted by molar-refractivity contribution is 0.639. The maximum atomic E-state index is 14.0. The van der Waals surface area contributed by atoms with Crippen LogP contribution in [-0.4, -0.2) is 19.7 Å². The molecule has 4 rings (SSSR count). The fourth-order valence-corrected chi connectivity index (χ4v) is 4.12. The zero-order chi connectivity index (χ0) is 18.8. The van der Waals surface area contributed by atoms with Crippen LogP contribution >= 0.6 is 11.8 Å². The van der Waals surface area contributed by atoms with Gasteiger partial charge in [-0.15, -0.1) is 10.2 Å². The van der Waals surface area contributed by atoms with Crippen molar-refractivity contribution in [3.63, 3.8) is 0 Å². The zero-order valence-corrected chi connectivity index (χ0v) is 16.0. The molecule has 0 spiro atoms. The Bertz CT molecular complexity index is 1110. The largest absolute Gasteiger partial charge is 0.302 e. The van der Waals surface area contributed by atoms with Gasteiger partial charge in [-0.25, -0.2) is 4.39 Å². The molecule has 27 heavy (non-hydrogen) atoms. The van der Waals surface area contributed by atoms with E-state index in [1.165, 1.54) is 11.6 Å². The maximum absolute atomic E-state index is 14.0. The second-order valence-corrected chi connectivity index (χ2v) is 7.26. The summed E-state index contributed by atoms with van der Waals surface area (Å²) in [5.41, 5.74) is 3.94. The average Bonchev–Trinajstić information content (AvgIpc) is 3.11. The summed E-state index contributed by atoms with van der Waals surface area (Å²) in [6.07, 6.45) is 1.69. The number of aromatic nitrogens is 4. The van der Waals surface area contributed by atoms with E-state index in [0.717, 1.165) is 28.7 Å². The van der Waals surface area contributed by atoms with Gasteiger partial charge in [0.15, 0.2) is 11.0 Å². The molecule has 0 aliphatic carbocycles. The molecule has 0 saturated carbocycles. The second kappa shape index (κ2) is 7.48. The number of pyridine rings is 1. The van der Waals surface area contributed by atoms with Gasteiger partial charge in [0.2, 0.25) is 0 Å². The topological polar surface area (TPSA) is 43.6 Å². The molecule has 2 aromatic heterocycles. The van der Waals surface area contributed by atoms with Gasteiger partial charge in [0.25, 0.3) is 0 Å². The molecule has 4 aromatic rings. The minimum Gasteiger partial charge on any atom is -0.302 e. The lowest BCUT2D eigenvalue weighted by Gasteiger charge is -2.09. The van der Waals surface area contributed by atoms with E-state index in [1.54, 1.807) is 36.2 Å². The average molecular weight is 378 g/mol. The maximum Gasteiger partial charge on any atom is 0.191 e. The highest BCUT2D eigenvalue weighted by Gasteiger charge is 2.14. The molecule has 0 radical (unpaired) electrons. The summed E-state index contributed by atoms with van der Waals surface area (Å²) in [6.45, 7) is 4.93. The Balaban J connectivity index is 1.64. The van der Waals surface area contributed by atoms with Gasteiger partial charge in [-0.1, -0.05) is 41.6 Å². The highest BCUT2D eigenvalue weighted by Crippen LogP contribution is 2.29. The third-order valence-electron chi connectivity index (χ3n) is 4.47. The molecule has 6 heteroatoms. The summed E-state index contributed by atoms with van der Waals surface area (Å²) < 4.78 is 16.1. The van der Waals surface area contributed by atoms with Crippen LogP contribution < -0.4 is 0 Å². The molecule has 0 bridgehead atoms. The van der Waals surface area contributed by atoms with Crippen LogP contribution in [0.25, 0.3) is 22.3 Å². The third kappa shape index (κ3) is 3.45. The van der Waals surface area contributed by atoms with Crippen LogP contribution in [0.1, 0.15) is 18.1 Å². The van der Waals surface area contributed by atoms with Gasteiger partial charge in [-0.05, 0) is 43.7 Å². The number of thioether (sulfide) groups is 1. The summed E-state index contributed by atoms with van der Waals surface area (Å²) in [7, 11) is 0. The first-order valence-corrected chi connectivity index (χ1v) is 9.81. The summed E-state index contributed by atoms with van der Waals surface area (Å²) in [5.74, 6) is 1.27. The number of hydrogen-bond acceptors (Lipinski definition) is 4. The predicted octanol–water partition coefficient (Wildman–Crippen LogP) is 5.25. The molecule has 2 heterocycles. The van der Waals surface area contributed by atoms with Crippen molar-refractivity contribution in [2.24, 2.45) is 0 Å². The van der Waals surface area contributed by atoms with Crippen molar-refractivity contribution in [3.8, 4) is 11.4 Å². The highest BCUT2D eigenvalue weighted by atomic mass is 32.2. The van der Waals surface area contributed by atoms with Crippen LogP contribution in [0.4, 0.5) is 4.39 Å². The van der Waals surface area contributed by atoms with Crippen LogP contribution in [0.3, 0.4) is 0 Å². The van der Waals surface area contributed by atoms with Gasteiger partial charge in [0.05, 0.1) is 5.52 Å². The van der Waals surface area contributed by atoms with Crippen LogP contribution in [0.15, 0.2) is 59.9 Å². The monoisotopic (exact) mass is 378 g/mol. The standard InChI is InChI=1S/C21H19FN4S/c1-3-26-20(15-7-4-6-14(2)12-15)24-25-21(26)27-13-16-9-10-18(22)17-8-5-11-23-19(16)17/h4-12H,3,13H2,1-2H3. The number of fused-ring (bicyclic) bond motifs is 1. The van der Waals surface area contributed by atoms with Gasteiger partial charge in [0, 0.05) is 29.4 Å². The van der Waals surface area contributed by atoms with E-state index in [2.05, 4.69) is 51.8 Å². The van der Waals surface area contributed by atoms with Crippen molar-refractivity contribution in [2.75, 3.05) is 0 Å². The number of halogens is 1. The van der Waals surface area contributed by atoms with Crippen LogP contribution in [0.2, 0.25) is 0 Å². The summed E-state index contributed by atoms with van der Waals surface area (Å²) >= 11 is 1.59. The lowest BCUT2D eigenvalue weighted by Crippen LogP contribution is -2.00. The molecule has 0 amide bonds. The van der Waals surface area contributed by atoms with Crippen molar-refractivity contribution < 1.29 is 4.39 Å². The van der Waals surface area contributed by atoms with Gasteiger partial charge < -0.3 is 4.57 Å². The first-order chi connectivity index (χ1) is 13.2. The first kappa shape index (κ1) is 17.7. The lowest BCUT2D eigenvalue weighted by atomic mass is 10.1. The number of aryl methyl sites for hydroxylation is 1. The smallest absolute Gasteiger partial charge is 0.191 e. The predicted molar refractivity (Wildman–Crippen MR) is 107 cm³/mol. The second-order valence-electron chi connectivity index (χ2n) is 6.31. The van der Waals surface area contributed by atoms with Crippen LogP contribution in [0.5, 0.6) is 0 Å². The highest BCUT2D eigenvalue weighted by molar-refractivity contribution is 7.98. The quantitative estimate of drug-likeness (QED) is 0.445. The fraction of sp³-hybridized carbons (Fsp3) is 0.190. The summed E-state index contributed by atoms with van der Waals surface area (Å²) in [6, 6.07) is 15.1. The van der Waals surface area contributed by atoms with Gasteiger partial charge in [-0.3, -0.25) is 4.98 Å². The minimum atomic E-state index is -0.245. The van der Waals surface area contributed by atoms with Crippen LogP contribution in [-0.2, 0) is 12.3 Å². The molecule has 0 aliphatic heterocycles. The van der Waals surface area contributed by atoms with E-state index in [1.807, 2.05) is 6.07 Å². The van der Waals surface area contributed by atoms with Crippen molar-refractivity contribution in [1.29, 1.82) is 0 Å². The Morgan fingerprint density at radius 1 is 1.07 bits per heavy atom. The van der Waals surface area contributed by atoms with Crippen LogP contribution in [0, 0.1) is 12.7 Å². The van der Waals surface area contributed by atoms with E-state index in [-0.39, 0.29) is 5.82 Å². The summed E-state index contributed by atoms with van der Waals surface area (Å²) in [4.78, 5) is 4.36. The van der Waals surface area contributed by atoms with Crippen molar-refractivity contribution in [3.05, 3.63) is 71.7 Å². The molecule has 0 atom stereocenters. The molecular formula is C21H19FN4S. The normalized spacial score (nSPS) is 11.2. The SMILES string of the molecule is CCn1c(SCc2ccc(F)c3cccnc23)nnc1-c1cccc(C)c1. The summed E-state index contributed by atoms with van der Waals surface area (Å²) in [5, 5.41) is 10.2. The fourth-order valence-electron chi connectivity index (χ4n) is 3.13. The Morgan fingerprint density at radius 3 is 2.78 bits per heavy atom. The van der Waals surface area contributed by atoms with E-state index < -0.39 is 0 Å². The number of benzene rings is 2. The number of nitrogens with zero attached hydrogens (tertiary/aromatic N) is 4. The van der Waals surface area contributed by atoms with Gasteiger partial charge in [0.1, 0.15) is 5.82 Å². The Hall–Kier alpha value is -2.73. The molecular weight excluding hydrogens is 359 g/mol. The van der Waals surface area contributed by atoms with Crippen molar-refractivity contribution >= 4 is 22.7 Å². The molecule has 0 saturated heterocycles. The van der Waals surface area contributed by atoms with Crippen molar-refractivity contribution in [2.45, 2.75) is 31.3 Å². The Kier molecular flexibility index (Phi) is 4.90. The van der Waals surface area contributed by atoms with E-state index in [0.29, 0.717) is 16.7 Å². The van der Waals surface area contributed by atoms with Gasteiger partial charge in [-0.2, -0.15) is 0 Å². The Labute approximate surface area is 161 Å². The molecule has 2 aromatic carbocycles. The first-order valence-electron chi connectivity index (χ1n) is 8.82. The number of hydrogen-bond donors (Lipinski definition) is 0. The molecule has 0 N–H and O–H groups in total. The minimum absolute atomic E-state index is 0.245. The molecule has 136 valence electrons. The van der Waals surface area contributed by atoms with Crippen molar-refractivity contribution in [1.82, 2.24) is 19.7 Å². The Morgan fingerprint density at radius 2 is 1.96 bits per heavy atom. The molecule has 0 fully saturated rings. The van der Waals surface area contributed by atoms with E-state index >= 15 is 0 Å². The molecule has 0 unspecified atom stereocenters. The third-order valence-corrected chi connectivity index (χ3v) is 5.48. The molecule has 0 aliphatic rings. The van der Waals surface area contributed by atoms with E-state index in [9.17, 15) is 4.39 Å².